The molecule has 0 unspecified atom stereocenters. The molecule has 0 bridgehead atoms. The first-order valence-corrected chi connectivity index (χ1v) is 10.9. The van der Waals surface area contributed by atoms with Crippen molar-refractivity contribution in [2.75, 3.05) is 36.4 Å². The molecule has 1 amide bonds. The Kier molecular flexibility index (Phi) is 5.05. The SMILES string of the molecule is CC(=O)c1ccc(N2CCN(S(=O)(=O)c3cc4c(cc3Cl)NC(=O)C4)CC2)cn1. The van der Waals surface area contributed by atoms with Crippen LogP contribution >= 0.6 is 11.6 Å². The third-order valence-electron chi connectivity index (χ3n) is 5.11. The number of benzene rings is 1. The smallest absolute Gasteiger partial charge is 0.244 e. The molecule has 1 aromatic carbocycles. The Morgan fingerprint density at radius 1 is 1.17 bits per heavy atom. The molecule has 1 aromatic heterocycles. The predicted molar refractivity (Wildman–Crippen MR) is 109 cm³/mol. The zero-order valence-electron chi connectivity index (χ0n) is 15.7. The predicted octanol–water partition coefficient (Wildman–Crippen LogP) is 1.94. The summed E-state index contributed by atoms with van der Waals surface area (Å²) >= 11 is 6.22. The molecular formula is C19H19ClN4O4S. The van der Waals surface area contributed by atoms with Gasteiger partial charge in [-0.2, -0.15) is 4.31 Å². The van der Waals surface area contributed by atoms with E-state index in [1.54, 1.807) is 12.3 Å². The summed E-state index contributed by atoms with van der Waals surface area (Å²) in [6, 6.07) is 6.46. The summed E-state index contributed by atoms with van der Waals surface area (Å²) in [5.41, 5.74) is 2.43. The van der Waals surface area contributed by atoms with E-state index < -0.39 is 10.0 Å². The number of rotatable bonds is 4. The highest BCUT2D eigenvalue weighted by molar-refractivity contribution is 7.89. The van der Waals surface area contributed by atoms with Crippen molar-refractivity contribution in [1.29, 1.82) is 0 Å². The lowest BCUT2D eigenvalue weighted by atomic mass is 10.2. The number of fused-ring (bicyclic) bond motifs is 1. The largest absolute Gasteiger partial charge is 0.368 e. The maximum atomic E-state index is 13.1. The number of hydrogen-bond acceptors (Lipinski definition) is 6. The lowest BCUT2D eigenvalue weighted by Gasteiger charge is -2.35. The summed E-state index contributed by atoms with van der Waals surface area (Å²) in [7, 11) is -3.78. The van der Waals surface area contributed by atoms with E-state index in [0.29, 0.717) is 43.1 Å². The summed E-state index contributed by atoms with van der Waals surface area (Å²) < 4.78 is 27.6. The van der Waals surface area contributed by atoms with E-state index >= 15 is 0 Å². The molecule has 2 aromatic rings. The Balaban J connectivity index is 1.50. The van der Waals surface area contributed by atoms with Crippen molar-refractivity contribution in [1.82, 2.24) is 9.29 Å². The van der Waals surface area contributed by atoms with Crippen molar-refractivity contribution in [3.63, 3.8) is 0 Å². The number of aromatic nitrogens is 1. The fraction of sp³-hybridized carbons (Fsp3) is 0.316. The van der Waals surface area contributed by atoms with Gasteiger partial charge in [-0.15, -0.1) is 0 Å². The number of carbonyl (C=O) groups is 2. The van der Waals surface area contributed by atoms with E-state index in [1.165, 1.54) is 23.4 Å². The molecule has 1 fully saturated rings. The number of hydrogen-bond donors (Lipinski definition) is 1. The van der Waals surface area contributed by atoms with Gasteiger partial charge in [0.05, 0.1) is 23.3 Å². The summed E-state index contributed by atoms with van der Waals surface area (Å²) in [4.78, 5) is 29.1. The topological polar surface area (TPSA) is 99.7 Å². The van der Waals surface area contributed by atoms with E-state index in [9.17, 15) is 18.0 Å². The second-order valence-corrected chi connectivity index (χ2v) is 9.33. The van der Waals surface area contributed by atoms with Gasteiger partial charge in [-0.05, 0) is 29.8 Å². The van der Waals surface area contributed by atoms with Gasteiger partial charge in [-0.3, -0.25) is 14.6 Å². The summed E-state index contributed by atoms with van der Waals surface area (Å²) in [5.74, 6) is -0.279. The third kappa shape index (κ3) is 3.73. The summed E-state index contributed by atoms with van der Waals surface area (Å²) in [6.07, 6.45) is 1.77. The average Bonchev–Trinajstić information content (AvgIpc) is 3.06. The Morgan fingerprint density at radius 2 is 1.90 bits per heavy atom. The number of piperazine rings is 1. The number of carbonyl (C=O) groups excluding carboxylic acids is 2. The highest BCUT2D eigenvalue weighted by Crippen LogP contribution is 2.34. The number of Topliss-reactive ketones (excluding diaryl/α,β-unsaturated/α-hetero) is 1. The number of nitrogens with zero attached hydrogens (tertiary/aromatic N) is 3. The Hall–Kier alpha value is -2.49. The van der Waals surface area contributed by atoms with Crippen LogP contribution in [0, 0.1) is 0 Å². The van der Waals surface area contributed by atoms with Crippen LogP contribution in [0.5, 0.6) is 0 Å². The van der Waals surface area contributed by atoms with Crippen LogP contribution in [0.25, 0.3) is 0 Å². The molecule has 4 rings (SSSR count). The minimum atomic E-state index is -3.78. The molecule has 29 heavy (non-hydrogen) atoms. The molecule has 0 spiro atoms. The number of pyridine rings is 1. The van der Waals surface area contributed by atoms with Crippen molar-refractivity contribution in [2.45, 2.75) is 18.2 Å². The molecule has 0 saturated carbocycles. The summed E-state index contributed by atoms with van der Waals surface area (Å²) in [6.45, 7) is 3.02. The second-order valence-electron chi connectivity index (χ2n) is 7.01. The fourth-order valence-electron chi connectivity index (χ4n) is 3.53. The van der Waals surface area contributed by atoms with Crippen LogP contribution in [-0.2, 0) is 21.2 Å². The minimum absolute atomic E-state index is 0.0235. The maximum Gasteiger partial charge on any atom is 0.244 e. The highest BCUT2D eigenvalue weighted by Gasteiger charge is 2.32. The van der Waals surface area contributed by atoms with Gasteiger partial charge in [0, 0.05) is 38.8 Å². The normalized spacial score (nSPS) is 17.2. The van der Waals surface area contributed by atoms with E-state index in [-0.39, 0.29) is 28.0 Å². The van der Waals surface area contributed by atoms with E-state index in [1.807, 2.05) is 11.0 Å². The quantitative estimate of drug-likeness (QED) is 0.738. The van der Waals surface area contributed by atoms with Gasteiger partial charge in [0.25, 0.3) is 0 Å². The second kappa shape index (κ2) is 7.40. The molecule has 3 heterocycles. The fourth-order valence-corrected chi connectivity index (χ4v) is 5.51. The molecule has 8 nitrogen and oxygen atoms in total. The first-order valence-electron chi connectivity index (χ1n) is 9.10. The molecule has 0 aliphatic carbocycles. The zero-order valence-corrected chi connectivity index (χ0v) is 17.3. The van der Waals surface area contributed by atoms with Crippen LogP contribution in [0.3, 0.4) is 0 Å². The first-order chi connectivity index (χ1) is 13.8. The zero-order chi connectivity index (χ0) is 20.8. The number of amides is 1. The van der Waals surface area contributed by atoms with Crippen LogP contribution < -0.4 is 10.2 Å². The van der Waals surface area contributed by atoms with E-state index in [2.05, 4.69) is 10.3 Å². The van der Waals surface area contributed by atoms with Crippen LogP contribution in [0.1, 0.15) is 23.0 Å². The molecule has 2 aliphatic rings. The molecule has 152 valence electrons. The Labute approximate surface area is 173 Å². The van der Waals surface area contributed by atoms with Gasteiger partial charge >= 0.3 is 0 Å². The van der Waals surface area contributed by atoms with E-state index in [0.717, 1.165) is 5.69 Å². The van der Waals surface area contributed by atoms with Crippen LogP contribution in [-0.4, -0.2) is 55.6 Å². The van der Waals surface area contributed by atoms with E-state index in [4.69, 9.17) is 11.6 Å². The van der Waals surface area contributed by atoms with Crippen LogP contribution in [0.15, 0.2) is 35.4 Å². The van der Waals surface area contributed by atoms with Crippen molar-refractivity contribution < 1.29 is 18.0 Å². The standard InChI is InChI=1S/C19H19ClN4O4S/c1-12(25)16-3-2-14(11-21-16)23-4-6-24(7-5-23)29(27,28)18-8-13-9-19(26)22-17(13)10-15(18)20/h2-3,8,10-11H,4-7,9H2,1H3,(H,22,26). The molecule has 0 atom stereocenters. The highest BCUT2D eigenvalue weighted by atomic mass is 35.5. The number of halogens is 1. The molecule has 0 radical (unpaired) electrons. The number of nitrogens with one attached hydrogen (secondary N) is 1. The molecule has 2 aliphatic heterocycles. The van der Waals surface area contributed by atoms with Crippen LogP contribution in [0.2, 0.25) is 5.02 Å². The van der Waals surface area contributed by atoms with Crippen molar-refractivity contribution in [2.24, 2.45) is 0 Å². The lowest BCUT2D eigenvalue weighted by Crippen LogP contribution is -2.48. The maximum absolute atomic E-state index is 13.1. The Bertz CT molecular complexity index is 1090. The Morgan fingerprint density at radius 3 is 2.52 bits per heavy atom. The third-order valence-corrected chi connectivity index (χ3v) is 7.48. The van der Waals surface area contributed by atoms with Gasteiger partial charge in [0.1, 0.15) is 10.6 Å². The molecule has 10 heteroatoms. The van der Waals surface area contributed by atoms with Gasteiger partial charge < -0.3 is 10.2 Å². The van der Waals surface area contributed by atoms with Crippen molar-refractivity contribution in [3.05, 3.63) is 46.7 Å². The van der Waals surface area contributed by atoms with Crippen molar-refractivity contribution >= 4 is 44.7 Å². The number of ketones is 1. The van der Waals surface area contributed by atoms with Gasteiger partial charge in [0.2, 0.25) is 15.9 Å². The van der Waals surface area contributed by atoms with Gasteiger partial charge in [-0.1, -0.05) is 11.6 Å². The van der Waals surface area contributed by atoms with Gasteiger partial charge in [0.15, 0.2) is 5.78 Å². The first kappa shape index (κ1) is 19.8. The number of sulfonamides is 1. The molecule has 1 saturated heterocycles. The average molecular weight is 435 g/mol. The van der Waals surface area contributed by atoms with Gasteiger partial charge in [-0.25, -0.2) is 8.42 Å². The molecule has 1 N–H and O–H groups in total. The lowest BCUT2D eigenvalue weighted by molar-refractivity contribution is -0.115. The van der Waals surface area contributed by atoms with Crippen LogP contribution in [0.4, 0.5) is 11.4 Å². The minimum Gasteiger partial charge on any atom is -0.368 e. The summed E-state index contributed by atoms with van der Waals surface area (Å²) in [5, 5.41) is 2.76. The monoisotopic (exact) mass is 434 g/mol. The number of anilines is 2. The van der Waals surface area contributed by atoms with Crippen molar-refractivity contribution in [3.8, 4) is 0 Å². The molecular weight excluding hydrogens is 416 g/mol.